The molecule has 1 aliphatic carbocycles. The molecule has 0 saturated heterocycles. The van der Waals surface area contributed by atoms with E-state index in [-0.39, 0.29) is 17.6 Å². The van der Waals surface area contributed by atoms with E-state index in [4.69, 9.17) is 0 Å². The van der Waals surface area contributed by atoms with Gasteiger partial charge in [0.05, 0.1) is 12.0 Å². The van der Waals surface area contributed by atoms with Gasteiger partial charge in [0.1, 0.15) is 0 Å². The largest absolute Gasteiger partial charge is 0.388 e. The Hall–Kier alpha value is -2.46. The molecule has 1 N–H and O–H groups in total. The second kappa shape index (κ2) is 7.19. The van der Waals surface area contributed by atoms with E-state index in [1.165, 1.54) is 6.92 Å². The quantitative estimate of drug-likeness (QED) is 0.819. The Morgan fingerprint density at radius 2 is 1.64 bits per heavy atom. The Morgan fingerprint density at radius 3 is 2.16 bits per heavy atom. The first-order valence-corrected chi connectivity index (χ1v) is 8.60. The minimum Gasteiger partial charge on any atom is -0.388 e. The maximum Gasteiger partial charge on any atom is 0.233 e. The highest BCUT2D eigenvalue weighted by Crippen LogP contribution is 2.44. The lowest BCUT2D eigenvalue weighted by Gasteiger charge is -2.27. The molecule has 0 spiro atoms. The maximum absolute atomic E-state index is 13.0. The van der Waals surface area contributed by atoms with E-state index < -0.39 is 12.0 Å². The molecule has 2 atom stereocenters. The number of rotatable bonds is 6. The number of benzene rings is 2. The van der Waals surface area contributed by atoms with Gasteiger partial charge in [0.25, 0.3) is 0 Å². The van der Waals surface area contributed by atoms with Gasteiger partial charge in [0.2, 0.25) is 5.91 Å². The number of hydrogen-bond acceptors (Lipinski definition) is 3. The first-order chi connectivity index (χ1) is 12.0. The van der Waals surface area contributed by atoms with Crippen molar-refractivity contribution in [1.29, 1.82) is 0 Å². The van der Waals surface area contributed by atoms with E-state index in [2.05, 4.69) is 0 Å². The van der Waals surface area contributed by atoms with Gasteiger partial charge in [-0.25, -0.2) is 0 Å². The molecule has 2 aromatic carbocycles. The van der Waals surface area contributed by atoms with Crippen LogP contribution in [0.2, 0.25) is 0 Å². The van der Waals surface area contributed by atoms with Crippen LogP contribution in [0.25, 0.3) is 0 Å². The zero-order valence-corrected chi connectivity index (χ0v) is 14.6. The molecular formula is C21H23NO3. The average Bonchev–Trinajstić information content (AvgIpc) is 3.46. The van der Waals surface area contributed by atoms with Crippen molar-refractivity contribution >= 4 is 17.4 Å². The predicted molar refractivity (Wildman–Crippen MR) is 97.5 cm³/mol. The van der Waals surface area contributed by atoms with Gasteiger partial charge < -0.3 is 10.0 Å². The summed E-state index contributed by atoms with van der Waals surface area (Å²) in [7, 11) is 1.75. The smallest absolute Gasteiger partial charge is 0.233 e. The van der Waals surface area contributed by atoms with Crippen molar-refractivity contribution < 1.29 is 14.7 Å². The summed E-state index contributed by atoms with van der Waals surface area (Å²) >= 11 is 0. The van der Waals surface area contributed by atoms with Crippen LogP contribution in [0.1, 0.15) is 41.8 Å². The molecule has 0 unspecified atom stereocenters. The van der Waals surface area contributed by atoms with Crippen molar-refractivity contribution in [3.63, 3.8) is 0 Å². The molecule has 2 aromatic rings. The summed E-state index contributed by atoms with van der Waals surface area (Å²) in [4.78, 5) is 26.1. The zero-order valence-electron chi connectivity index (χ0n) is 14.6. The van der Waals surface area contributed by atoms with Gasteiger partial charge in [-0.15, -0.1) is 0 Å². The number of aliphatic hydroxyl groups excluding tert-OH is 1. The fraction of sp³-hybridized carbons (Fsp3) is 0.333. The van der Waals surface area contributed by atoms with Crippen molar-refractivity contribution in [3.05, 3.63) is 65.7 Å². The molecule has 0 aliphatic heterocycles. The highest BCUT2D eigenvalue weighted by atomic mass is 16.3. The topological polar surface area (TPSA) is 57.6 Å². The fourth-order valence-electron chi connectivity index (χ4n) is 3.17. The van der Waals surface area contributed by atoms with Crippen molar-refractivity contribution in [3.8, 4) is 0 Å². The molecule has 0 bridgehead atoms. The van der Waals surface area contributed by atoms with E-state index >= 15 is 0 Å². The molecule has 0 aromatic heterocycles. The predicted octanol–water partition coefficient (Wildman–Crippen LogP) is 3.61. The van der Waals surface area contributed by atoms with Crippen LogP contribution in [0.4, 0.5) is 5.69 Å². The lowest BCUT2D eigenvalue weighted by atomic mass is 9.89. The summed E-state index contributed by atoms with van der Waals surface area (Å²) in [5.74, 6) is -0.342. The molecule has 0 heterocycles. The van der Waals surface area contributed by atoms with E-state index in [0.717, 1.165) is 18.5 Å². The summed E-state index contributed by atoms with van der Waals surface area (Å²) in [6.07, 6.45) is 1.05. The van der Waals surface area contributed by atoms with E-state index in [9.17, 15) is 14.7 Å². The number of carbonyl (C=O) groups is 2. The molecule has 4 nitrogen and oxygen atoms in total. The SMILES string of the molecule is CC(=O)c1ccc([C@H](O)[C@@H](C(=O)N(C)c2ccccc2)C2CC2)cc1. The number of amides is 1. The first kappa shape index (κ1) is 17.4. The van der Waals surface area contributed by atoms with Gasteiger partial charge in [-0.2, -0.15) is 0 Å². The number of ketones is 1. The Balaban J connectivity index is 1.83. The molecule has 0 radical (unpaired) electrons. The van der Waals surface area contributed by atoms with Crippen molar-refractivity contribution in [2.75, 3.05) is 11.9 Å². The van der Waals surface area contributed by atoms with Gasteiger partial charge >= 0.3 is 0 Å². The van der Waals surface area contributed by atoms with Gasteiger partial charge in [-0.05, 0) is 43.4 Å². The standard InChI is InChI=1S/C21H23NO3/c1-14(23)15-8-12-17(13-9-15)20(24)19(16-10-11-16)21(25)22(2)18-6-4-3-5-7-18/h3-9,12-13,16,19-20,24H,10-11H2,1-2H3/t19-,20-/m0/s1. The lowest BCUT2D eigenvalue weighted by Crippen LogP contribution is -2.37. The highest BCUT2D eigenvalue weighted by molar-refractivity contribution is 5.95. The molecule has 1 fully saturated rings. The van der Waals surface area contributed by atoms with Crippen molar-refractivity contribution in [2.45, 2.75) is 25.9 Å². The van der Waals surface area contributed by atoms with Crippen LogP contribution in [-0.2, 0) is 4.79 Å². The molecule has 1 amide bonds. The summed E-state index contributed by atoms with van der Waals surface area (Å²) in [6.45, 7) is 1.51. The molecular weight excluding hydrogens is 314 g/mol. The first-order valence-electron chi connectivity index (χ1n) is 8.60. The summed E-state index contributed by atoms with van der Waals surface area (Å²) in [5.41, 5.74) is 2.10. The highest BCUT2D eigenvalue weighted by Gasteiger charge is 2.42. The second-order valence-electron chi connectivity index (χ2n) is 6.72. The number of anilines is 1. The van der Waals surface area contributed by atoms with Crippen LogP contribution in [0.15, 0.2) is 54.6 Å². The minimum absolute atomic E-state index is 0.0142. The second-order valence-corrected chi connectivity index (χ2v) is 6.72. The van der Waals surface area contributed by atoms with Crippen LogP contribution < -0.4 is 4.90 Å². The molecule has 1 aliphatic rings. The van der Waals surface area contributed by atoms with Crippen molar-refractivity contribution in [1.82, 2.24) is 0 Å². The fourth-order valence-corrected chi connectivity index (χ4v) is 3.17. The molecule has 4 heteroatoms. The molecule has 1 saturated carbocycles. The monoisotopic (exact) mass is 337 g/mol. The third-order valence-corrected chi connectivity index (χ3v) is 4.89. The van der Waals surface area contributed by atoms with Gasteiger partial charge in [0, 0.05) is 18.3 Å². The third kappa shape index (κ3) is 3.80. The van der Waals surface area contributed by atoms with E-state index in [0.29, 0.717) is 11.1 Å². The molecule has 3 rings (SSSR count). The molecule has 25 heavy (non-hydrogen) atoms. The summed E-state index contributed by atoms with van der Waals surface area (Å²) in [6, 6.07) is 16.4. The van der Waals surface area contributed by atoms with E-state index in [1.54, 1.807) is 36.2 Å². The summed E-state index contributed by atoms with van der Waals surface area (Å²) < 4.78 is 0. The number of para-hydroxylation sites is 1. The Labute approximate surface area is 148 Å². The van der Waals surface area contributed by atoms with Gasteiger partial charge in [0.15, 0.2) is 5.78 Å². The van der Waals surface area contributed by atoms with Crippen molar-refractivity contribution in [2.24, 2.45) is 11.8 Å². The normalized spacial score (nSPS) is 16.1. The van der Waals surface area contributed by atoms with Crippen LogP contribution in [0, 0.1) is 11.8 Å². The van der Waals surface area contributed by atoms with E-state index in [1.807, 2.05) is 30.3 Å². The third-order valence-electron chi connectivity index (χ3n) is 4.89. The summed E-state index contributed by atoms with van der Waals surface area (Å²) in [5, 5.41) is 10.9. The average molecular weight is 337 g/mol. The number of carbonyl (C=O) groups excluding carboxylic acids is 2. The van der Waals surface area contributed by atoms with Crippen LogP contribution >= 0.6 is 0 Å². The number of aliphatic hydroxyl groups is 1. The van der Waals surface area contributed by atoms with Crippen LogP contribution in [0.5, 0.6) is 0 Å². The minimum atomic E-state index is -0.868. The number of nitrogens with zero attached hydrogens (tertiary/aromatic N) is 1. The maximum atomic E-state index is 13.0. The Bertz CT molecular complexity index is 750. The van der Waals surface area contributed by atoms with Gasteiger partial charge in [-0.1, -0.05) is 42.5 Å². The zero-order chi connectivity index (χ0) is 18.0. The number of hydrogen-bond donors (Lipinski definition) is 1. The Morgan fingerprint density at radius 1 is 1.04 bits per heavy atom. The van der Waals surface area contributed by atoms with Crippen LogP contribution in [0.3, 0.4) is 0 Å². The van der Waals surface area contributed by atoms with Gasteiger partial charge in [-0.3, -0.25) is 9.59 Å². The number of Topliss-reactive ketones (excluding diaryl/α,β-unsaturated/α-hetero) is 1. The molecule has 130 valence electrons. The Kier molecular flexibility index (Phi) is 5.00. The lowest BCUT2D eigenvalue weighted by molar-refractivity contribution is -0.126. The van der Waals surface area contributed by atoms with Crippen LogP contribution in [-0.4, -0.2) is 23.8 Å².